The predicted molar refractivity (Wildman–Crippen MR) is 180 cm³/mol. The summed E-state index contributed by atoms with van der Waals surface area (Å²) in [6.07, 6.45) is 5.98. The first-order chi connectivity index (χ1) is 22.2. The molecule has 0 unspecified atom stereocenters. The average Bonchev–Trinajstić information content (AvgIpc) is 3.04. The van der Waals surface area contributed by atoms with E-state index in [4.69, 9.17) is 0 Å². The summed E-state index contributed by atoms with van der Waals surface area (Å²) in [4.78, 5) is 64.7. The molecule has 0 aliphatic heterocycles. The van der Waals surface area contributed by atoms with Crippen molar-refractivity contribution in [2.24, 2.45) is 11.8 Å². The van der Waals surface area contributed by atoms with E-state index in [1.165, 1.54) is 0 Å². The molecule has 3 N–H and O–H groups in total. The monoisotopic (exact) mass is 625 g/mol. The molecule has 1 aliphatic carbocycles. The van der Waals surface area contributed by atoms with E-state index in [0.717, 1.165) is 47.4 Å². The predicted octanol–water partition coefficient (Wildman–Crippen LogP) is 5.25. The Balaban J connectivity index is 1.53. The van der Waals surface area contributed by atoms with Crippen LogP contribution in [0, 0.1) is 11.8 Å². The molecular formula is C38H47N3O5. The highest BCUT2D eigenvalue weighted by Crippen LogP contribution is 2.26. The second kappa shape index (κ2) is 17.4. The van der Waals surface area contributed by atoms with Gasteiger partial charge in [-0.05, 0) is 59.9 Å². The van der Waals surface area contributed by atoms with Crippen molar-refractivity contribution in [1.82, 2.24) is 16.0 Å². The molecule has 3 aromatic carbocycles. The Morgan fingerprint density at radius 3 is 2.30 bits per heavy atom. The van der Waals surface area contributed by atoms with Crippen LogP contribution in [0.15, 0.2) is 72.8 Å². The first-order valence-corrected chi connectivity index (χ1v) is 16.6. The number of aldehydes is 1. The number of rotatable bonds is 16. The van der Waals surface area contributed by atoms with Crippen molar-refractivity contribution in [3.63, 3.8) is 0 Å². The number of amides is 3. The summed E-state index contributed by atoms with van der Waals surface area (Å²) in [5.41, 5.74) is 1.74. The SMILES string of the molecule is CC(C)C[C@H](NC(=O)[C@H](Cc1cccc2ccccc12)NC(=O)Cc1ccccc1)C(=O)N[C@H](CCC=O)C[C@@H]1CCCCC1=O. The van der Waals surface area contributed by atoms with E-state index in [1.807, 2.05) is 86.6 Å². The molecule has 0 aromatic heterocycles. The van der Waals surface area contributed by atoms with Gasteiger partial charge in [0, 0.05) is 31.2 Å². The highest BCUT2D eigenvalue weighted by molar-refractivity contribution is 5.94. The Morgan fingerprint density at radius 2 is 1.57 bits per heavy atom. The van der Waals surface area contributed by atoms with Gasteiger partial charge in [0.1, 0.15) is 24.2 Å². The maximum Gasteiger partial charge on any atom is 0.243 e. The van der Waals surface area contributed by atoms with Crippen LogP contribution in [0.25, 0.3) is 10.8 Å². The first-order valence-electron chi connectivity index (χ1n) is 16.6. The number of Topliss-reactive ketones (excluding diaryl/α,β-unsaturated/α-hetero) is 1. The van der Waals surface area contributed by atoms with Crippen LogP contribution in [0.1, 0.15) is 76.3 Å². The van der Waals surface area contributed by atoms with Gasteiger partial charge in [-0.1, -0.05) is 93.1 Å². The van der Waals surface area contributed by atoms with Crippen LogP contribution in [0.5, 0.6) is 0 Å². The van der Waals surface area contributed by atoms with Gasteiger partial charge in [-0.25, -0.2) is 0 Å². The molecule has 0 saturated heterocycles. The smallest absolute Gasteiger partial charge is 0.243 e. The Morgan fingerprint density at radius 1 is 0.848 bits per heavy atom. The number of carbonyl (C=O) groups is 5. The van der Waals surface area contributed by atoms with Crippen LogP contribution >= 0.6 is 0 Å². The maximum absolute atomic E-state index is 14.0. The third-order valence-corrected chi connectivity index (χ3v) is 8.73. The van der Waals surface area contributed by atoms with Gasteiger partial charge in [0.05, 0.1) is 6.42 Å². The van der Waals surface area contributed by atoms with Gasteiger partial charge in [-0.15, -0.1) is 0 Å². The maximum atomic E-state index is 14.0. The van der Waals surface area contributed by atoms with Crippen molar-refractivity contribution in [3.05, 3.63) is 83.9 Å². The van der Waals surface area contributed by atoms with E-state index in [1.54, 1.807) is 0 Å². The third-order valence-electron chi connectivity index (χ3n) is 8.73. The summed E-state index contributed by atoms with van der Waals surface area (Å²) in [7, 11) is 0. The zero-order valence-corrected chi connectivity index (χ0v) is 27.0. The topological polar surface area (TPSA) is 121 Å². The van der Waals surface area contributed by atoms with Gasteiger partial charge in [0.15, 0.2) is 0 Å². The van der Waals surface area contributed by atoms with E-state index in [-0.39, 0.29) is 54.7 Å². The van der Waals surface area contributed by atoms with Crippen LogP contribution in [-0.2, 0) is 36.8 Å². The fourth-order valence-corrected chi connectivity index (χ4v) is 6.37. The molecular weight excluding hydrogens is 578 g/mol. The third kappa shape index (κ3) is 10.4. The van der Waals surface area contributed by atoms with Crippen molar-refractivity contribution in [2.75, 3.05) is 0 Å². The molecule has 8 nitrogen and oxygen atoms in total. The molecule has 1 saturated carbocycles. The van der Waals surface area contributed by atoms with Gasteiger partial charge in [-0.2, -0.15) is 0 Å². The highest BCUT2D eigenvalue weighted by atomic mass is 16.2. The van der Waals surface area contributed by atoms with Gasteiger partial charge < -0.3 is 20.7 Å². The fraction of sp³-hybridized carbons (Fsp3) is 0.447. The summed E-state index contributed by atoms with van der Waals surface area (Å²) in [6, 6.07) is 21.0. The van der Waals surface area contributed by atoms with E-state index in [0.29, 0.717) is 25.7 Å². The second-order valence-electron chi connectivity index (χ2n) is 12.9. The van der Waals surface area contributed by atoms with Crippen LogP contribution in [-0.4, -0.2) is 47.9 Å². The van der Waals surface area contributed by atoms with Gasteiger partial charge in [0.25, 0.3) is 0 Å². The van der Waals surface area contributed by atoms with E-state index >= 15 is 0 Å². The van der Waals surface area contributed by atoms with E-state index in [2.05, 4.69) is 16.0 Å². The van der Waals surface area contributed by atoms with Crippen LogP contribution in [0.2, 0.25) is 0 Å². The molecule has 4 atom stereocenters. The Labute approximate surface area is 272 Å². The van der Waals surface area contributed by atoms with E-state index in [9.17, 15) is 24.0 Å². The Kier molecular flexibility index (Phi) is 13.1. The fourth-order valence-electron chi connectivity index (χ4n) is 6.37. The minimum Gasteiger partial charge on any atom is -0.352 e. The number of benzene rings is 3. The second-order valence-corrected chi connectivity index (χ2v) is 12.9. The van der Waals surface area contributed by atoms with Crippen molar-refractivity contribution in [2.45, 2.75) is 96.2 Å². The number of ketones is 1. The summed E-state index contributed by atoms with van der Waals surface area (Å²) in [5, 5.41) is 11.0. The normalized spacial score (nSPS) is 16.8. The molecule has 3 amide bonds. The van der Waals surface area contributed by atoms with Crippen LogP contribution < -0.4 is 16.0 Å². The van der Waals surface area contributed by atoms with Crippen LogP contribution in [0.3, 0.4) is 0 Å². The molecule has 0 heterocycles. The van der Waals surface area contributed by atoms with Crippen molar-refractivity contribution >= 4 is 40.6 Å². The molecule has 4 rings (SSSR count). The van der Waals surface area contributed by atoms with Gasteiger partial charge in [-0.3, -0.25) is 19.2 Å². The Hall–Kier alpha value is -4.33. The molecule has 8 heteroatoms. The van der Waals surface area contributed by atoms with Crippen LogP contribution in [0.4, 0.5) is 0 Å². The van der Waals surface area contributed by atoms with Gasteiger partial charge >= 0.3 is 0 Å². The van der Waals surface area contributed by atoms with E-state index < -0.39 is 18.0 Å². The number of carbonyl (C=O) groups excluding carboxylic acids is 5. The van der Waals surface area contributed by atoms with Gasteiger partial charge in [0.2, 0.25) is 17.7 Å². The number of nitrogens with one attached hydrogen (secondary N) is 3. The molecule has 46 heavy (non-hydrogen) atoms. The first kappa shape index (κ1) is 34.5. The summed E-state index contributed by atoms with van der Waals surface area (Å²) >= 11 is 0. The van der Waals surface area contributed by atoms with Crippen molar-refractivity contribution in [1.29, 1.82) is 0 Å². The standard InChI is InChI=1S/C38H47N3O5/c1-26(2)22-33(37(45)39-31(18-11-21-42)24-30-15-7-9-20-35(30)43)41-38(46)34(40-36(44)23-27-12-4-3-5-13-27)25-29-17-10-16-28-14-6-8-19-32(28)29/h3-6,8,10,12-14,16-17,19,21,26,30-31,33-34H,7,9,11,15,18,20,22-25H2,1-2H3,(H,39,45)(H,40,44)(H,41,46)/t30-,31+,33-,34-/m0/s1. The lowest BCUT2D eigenvalue weighted by molar-refractivity contribution is -0.132. The number of fused-ring (bicyclic) bond motifs is 1. The minimum absolute atomic E-state index is 0.0913. The number of hydrogen-bond donors (Lipinski definition) is 3. The lowest BCUT2D eigenvalue weighted by atomic mass is 9.83. The minimum atomic E-state index is -0.921. The molecule has 244 valence electrons. The molecule has 1 aliphatic rings. The van der Waals surface area contributed by atoms with Crippen molar-refractivity contribution < 1.29 is 24.0 Å². The highest BCUT2D eigenvalue weighted by Gasteiger charge is 2.31. The molecule has 0 radical (unpaired) electrons. The average molecular weight is 626 g/mol. The lowest BCUT2D eigenvalue weighted by Gasteiger charge is -2.29. The Bertz CT molecular complexity index is 1480. The molecule has 1 fully saturated rings. The molecule has 3 aromatic rings. The summed E-state index contributed by atoms with van der Waals surface area (Å²) in [6.45, 7) is 3.96. The number of hydrogen-bond acceptors (Lipinski definition) is 5. The quantitative estimate of drug-likeness (QED) is 0.188. The lowest BCUT2D eigenvalue weighted by Crippen LogP contribution is -2.56. The summed E-state index contributed by atoms with van der Waals surface area (Å²) in [5.74, 6) is -0.904. The zero-order valence-electron chi connectivity index (χ0n) is 27.0. The largest absolute Gasteiger partial charge is 0.352 e. The summed E-state index contributed by atoms with van der Waals surface area (Å²) < 4.78 is 0. The molecule has 0 spiro atoms. The van der Waals surface area contributed by atoms with Crippen molar-refractivity contribution in [3.8, 4) is 0 Å². The molecule has 0 bridgehead atoms. The zero-order chi connectivity index (χ0) is 32.9.